The van der Waals surface area contributed by atoms with Crippen molar-refractivity contribution >= 4 is 16.0 Å². The van der Waals surface area contributed by atoms with Gasteiger partial charge in [-0.2, -0.15) is 4.31 Å². The van der Waals surface area contributed by atoms with E-state index in [1.165, 1.54) is 23.1 Å². The van der Waals surface area contributed by atoms with Gasteiger partial charge in [0.1, 0.15) is 12.4 Å². The number of hydrogen-bond acceptors (Lipinski definition) is 6. The summed E-state index contributed by atoms with van der Waals surface area (Å²) in [7, 11) is -3.90. The molecule has 1 fully saturated rings. The molecular formula is C13H15N5O4S. The standard InChI is InChI=1S/C13H15N5O4S/c19-13(20)12-6-1-2-7-18(12)23(21,22)11-5-3-4-10(8-11)17-9-14-15-16-17/h3-5,8-9,12H,1-2,6-7H2,(H,19,20). The molecule has 1 aliphatic rings. The Hall–Kier alpha value is -2.33. The van der Waals surface area contributed by atoms with Gasteiger partial charge < -0.3 is 5.11 Å². The van der Waals surface area contributed by atoms with Crippen molar-refractivity contribution in [3.63, 3.8) is 0 Å². The van der Waals surface area contributed by atoms with Crippen molar-refractivity contribution < 1.29 is 18.3 Å². The SMILES string of the molecule is O=C(O)C1CCCCN1S(=O)(=O)c1cccc(-n2cnnn2)c1. The molecule has 0 radical (unpaired) electrons. The lowest BCUT2D eigenvalue weighted by molar-refractivity contribution is -0.142. The highest BCUT2D eigenvalue weighted by molar-refractivity contribution is 7.89. The summed E-state index contributed by atoms with van der Waals surface area (Å²) in [6, 6.07) is 5.09. The smallest absolute Gasteiger partial charge is 0.322 e. The van der Waals surface area contributed by atoms with Gasteiger partial charge in [-0.15, -0.1) is 5.10 Å². The first-order chi connectivity index (χ1) is 11.0. The molecule has 1 aromatic heterocycles. The average Bonchev–Trinajstić information content (AvgIpc) is 3.09. The van der Waals surface area contributed by atoms with Crippen LogP contribution in [-0.2, 0) is 14.8 Å². The van der Waals surface area contributed by atoms with E-state index in [2.05, 4.69) is 15.5 Å². The number of sulfonamides is 1. The second-order valence-electron chi connectivity index (χ2n) is 5.22. The van der Waals surface area contributed by atoms with Gasteiger partial charge in [0.25, 0.3) is 0 Å². The van der Waals surface area contributed by atoms with E-state index in [4.69, 9.17) is 0 Å². The molecule has 122 valence electrons. The lowest BCUT2D eigenvalue weighted by Crippen LogP contribution is -2.47. The number of hydrogen-bond donors (Lipinski definition) is 1. The van der Waals surface area contributed by atoms with Crippen LogP contribution in [0.15, 0.2) is 35.5 Å². The van der Waals surface area contributed by atoms with E-state index in [1.54, 1.807) is 12.1 Å². The van der Waals surface area contributed by atoms with Crippen LogP contribution in [0.2, 0.25) is 0 Å². The van der Waals surface area contributed by atoms with Gasteiger partial charge in [-0.25, -0.2) is 13.1 Å². The molecule has 2 heterocycles. The van der Waals surface area contributed by atoms with Gasteiger partial charge in [0.2, 0.25) is 10.0 Å². The molecule has 3 rings (SSSR count). The van der Waals surface area contributed by atoms with Crippen molar-refractivity contribution in [3.8, 4) is 5.69 Å². The zero-order valence-corrected chi connectivity index (χ0v) is 12.9. The summed E-state index contributed by atoms with van der Waals surface area (Å²) in [5, 5.41) is 20.0. The molecule has 1 unspecified atom stereocenters. The number of tetrazole rings is 1. The Morgan fingerprint density at radius 2 is 2.13 bits per heavy atom. The minimum Gasteiger partial charge on any atom is -0.480 e. The molecule has 0 aliphatic carbocycles. The first-order valence-electron chi connectivity index (χ1n) is 7.08. The second-order valence-corrected chi connectivity index (χ2v) is 7.11. The topological polar surface area (TPSA) is 118 Å². The Balaban J connectivity index is 1.99. The summed E-state index contributed by atoms with van der Waals surface area (Å²) in [6.07, 6.45) is 3.03. The van der Waals surface area contributed by atoms with Crippen molar-refractivity contribution in [2.75, 3.05) is 6.54 Å². The van der Waals surface area contributed by atoms with E-state index in [-0.39, 0.29) is 11.4 Å². The highest BCUT2D eigenvalue weighted by atomic mass is 32.2. The van der Waals surface area contributed by atoms with E-state index in [1.807, 2.05) is 0 Å². The Labute approximate surface area is 132 Å². The molecule has 2 aromatic rings. The van der Waals surface area contributed by atoms with Gasteiger partial charge in [-0.1, -0.05) is 6.07 Å². The fourth-order valence-corrected chi connectivity index (χ4v) is 4.33. The molecule has 1 aliphatic heterocycles. The number of rotatable bonds is 4. The van der Waals surface area contributed by atoms with Gasteiger partial charge in [0.05, 0.1) is 10.6 Å². The summed E-state index contributed by atoms with van der Waals surface area (Å²) in [5.74, 6) is -1.12. The largest absolute Gasteiger partial charge is 0.480 e. The maximum absolute atomic E-state index is 12.8. The molecule has 10 heteroatoms. The molecule has 0 bridgehead atoms. The first kappa shape index (κ1) is 15.6. The van der Waals surface area contributed by atoms with Crippen molar-refractivity contribution in [1.29, 1.82) is 0 Å². The summed E-state index contributed by atoms with van der Waals surface area (Å²) < 4.78 is 28.1. The predicted molar refractivity (Wildman–Crippen MR) is 78.3 cm³/mol. The number of carbonyl (C=O) groups is 1. The van der Waals surface area contributed by atoms with Crippen LogP contribution in [-0.4, -0.2) is 56.6 Å². The Kier molecular flexibility index (Phi) is 4.09. The minimum absolute atomic E-state index is 0.0265. The normalized spacial score (nSPS) is 19.6. The van der Waals surface area contributed by atoms with E-state index in [9.17, 15) is 18.3 Å². The van der Waals surface area contributed by atoms with Gasteiger partial charge >= 0.3 is 5.97 Å². The minimum atomic E-state index is -3.90. The quantitative estimate of drug-likeness (QED) is 0.851. The summed E-state index contributed by atoms with van der Waals surface area (Å²) in [6.45, 7) is 0.203. The van der Waals surface area contributed by atoms with Crippen LogP contribution in [0, 0.1) is 0 Å². The monoisotopic (exact) mass is 337 g/mol. The predicted octanol–water partition coefficient (Wildman–Crippen LogP) is 0.290. The third kappa shape index (κ3) is 2.94. The van der Waals surface area contributed by atoms with Gasteiger partial charge in [-0.05, 0) is 47.9 Å². The maximum atomic E-state index is 12.8. The third-order valence-electron chi connectivity index (χ3n) is 3.78. The van der Waals surface area contributed by atoms with Gasteiger partial charge in [-0.3, -0.25) is 4.79 Å². The zero-order chi connectivity index (χ0) is 16.4. The molecule has 0 saturated carbocycles. The van der Waals surface area contributed by atoms with Crippen molar-refractivity contribution in [2.24, 2.45) is 0 Å². The number of nitrogens with zero attached hydrogens (tertiary/aromatic N) is 5. The van der Waals surface area contributed by atoms with E-state index in [0.717, 1.165) is 4.31 Å². The van der Waals surface area contributed by atoms with E-state index >= 15 is 0 Å². The summed E-state index contributed by atoms with van der Waals surface area (Å²) >= 11 is 0. The van der Waals surface area contributed by atoms with Crippen LogP contribution in [0.3, 0.4) is 0 Å². The fourth-order valence-electron chi connectivity index (χ4n) is 2.64. The molecular weight excluding hydrogens is 322 g/mol. The second kappa shape index (κ2) is 6.05. The summed E-state index contributed by atoms with van der Waals surface area (Å²) in [4.78, 5) is 11.4. The average molecular weight is 337 g/mol. The number of aliphatic carboxylic acids is 1. The molecule has 9 nitrogen and oxygen atoms in total. The number of carboxylic acid groups (broad SMARTS) is 1. The molecule has 1 N–H and O–H groups in total. The third-order valence-corrected chi connectivity index (χ3v) is 5.68. The molecule has 0 spiro atoms. The molecule has 23 heavy (non-hydrogen) atoms. The Morgan fingerprint density at radius 1 is 1.30 bits per heavy atom. The van der Waals surface area contributed by atoms with Crippen molar-refractivity contribution in [3.05, 3.63) is 30.6 Å². The lowest BCUT2D eigenvalue weighted by Gasteiger charge is -2.31. The van der Waals surface area contributed by atoms with Crippen LogP contribution in [0.25, 0.3) is 5.69 Å². The zero-order valence-electron chi connectivity index (χ0n) is 12.1. The van der Waals surface area contributed by atoms with Crippen LogP contribution in [0.4, 0.5) is 0 Å². The number of carboxylic acids is 1. The molecule has 1 atom stereocenters. The molecule has 1 saturated heterocycles. The Bertz CT molecular complexity index is 806. The lowest BCUT2D eigenvalue weighted by atomic mass is 10.1. The van der Waals surface area contributed by atoms with Gasteiger partial charge in [0.15, 0.2) is 0 Å². The van der Waals surface area contributed by atoms with Crippen molar-refractivity contribution in [1.82, 2.24) is 24.5 Å². The highest BCUT2D eigenvalue weighted by Gasteiger charge is 2.37. The number of aromatic nitrogens is 4. The van der Waals surface area contributed by atoms with E-state index < -0.39 is 22.0 Å². The van der Waals surface area contributed by atoms with Crippen molar-refractivity contribution in [2.45, 2.75) is 30.2 Å². The first-order valence-corrected chi connectivity index (χ1v) is 8.52. The summed E-state index contributed by atoms with van der Waals surface area (Å²) in [5.41, 5.74) is 0.486. The number of piperidine rings is 1. The maximum Gasteiger partial charge on any atom is 0.322 e. The van der Waals surface area contributed by atoms with Crippen LogP contribution in [0.5, 0.6) is 0 Å². The van der Waals surface area contributed by atoms with Gasteiger partial charge in [0, 0.05) is 6.54 Å². The van der Waals surface area contributed by atoms with Crippen LogP contribution < -0.4 is 0 Å². The van der Waals surface area contributed by atoms with E-state index in [0.29, 0.717) is 24.9 Å². The van der Waals surface area contributed by atoms with Crippen LogP contribution >= 0.6 is 0 Å². The highest BCUT2D eigenvalue weighted by Crippen LogP contribution is 2.26. The molecule has 0 amide bonds. The number of benzene rings is 1. The van der Waals surface area contributed by atoms with Crippen LogP contribution in [0.1, 0.15) is 19.3 Å². The molecule has 1 aromatic carbocycles. The fraction of sp³-hybridized carbons (Fsp3) is 0.385. The Morgan fingerprint density at radius 3 is 2.83 bits per heavy atom.